The van der Waals surface area contributed by atoms with Crippen molar-refractivity contribution < 1.29 is 4.42 Å². The minimum Gasteiger partial charge on any atom is -0.454 e. The fourth-order valence-corrected chi connectivity index (χ4v) is 5.35. The maximum absolute atomic E-state index is 6.07. The van der Waals surface area contributed by atoms with Crippen molar-refractivity contribution in [2.45, 2.75) is 0 Å². The number of furan rings is 1. The van der Waals surface area contributed by atoms with Crippen molar-refractivity contribution in [3.05, 3.63) is 127 Å². The van der Waals surface area contributed by atoms with Gasteiger partial charge in [0.25, 0.3) is 0 Å². The van der Waals surface area contributed by atoms with Gasteiger partial charge in [0.15, 0.2) is 5.58 Å². The number of nitrogens with zero attached hydrogens (tertiary/aromatic N) is 3. The van der Waals surface area contributed by atoms with Crippen LogP contribution in [0.5, 0.6) is 0 Å². The summed E-state index contributed by atoms with van der Waals surface area (Å²) in [7, 11) is 0. The number of imidazole rings is 1. The zero-order valence-electron chi connectivity index (χ0n) is 20.4. The van der Waals surface area contributed by atoms with Crippen molar-refractivity contribution in [1.29, 1.82) is 0 Å². The largest absolute Gasteiger partial charge is 0.454 e. The average molecular weight is 488 g/mol. The van der Waals surface area contributed by atoms with Crippen LogP contribution in [0.25, 0.3) is 72.2 Å². The van der Waals surface area contributed by atoms with E-state index >= 15 is 0 Å². The summed E-state index contributed by atoms with van der Waals surface area (Å²) in [5.41, 5.74) is 10.1. The molecule has 0 saturated heterocycles. The predicted molar refractivity (Wildman–Crippen MR) is 155 cm³/mol. The van der Waals surface area contributed by atoms with Gasteiger partial charge in [-0.3, -0.25) is 4.57 Å². The lowest BCUT2D eigenvalue weighted by Crippen LogP contribution is -1.97. The summed E-state index contributed by atoms with van der Waals surface area (Å²) >= 11 is 0. The molecule has 8 rings (SSSR count). The van der Waals surface area contributed by atoms with Crippen molar-refractivity contribution in [2.75, 3.05) is 0 Å². The van der Waals surface area contributed by atoms with Gasteiger partial charge in [0.2, 0.25) is 0 Å². The summed E-state index contributed by atoms with van der Waals surface area (Å²) in [6.07, 6.45) is 0. The second kappa shape index (κ2) is 8.15. The molecule has 0 spiro atoms. The molecule has 38 heavy (non-hydrogen) atoms. The molecule has 0 aliphatic heterocycles. The Morgan fingerprint density at radius 3 is 2.18 bits per heavy atom. The molecule has 8 aromatic rings. The maximum atomic E-state index is 6.07. The minimum absolute atomic E-state index is 0.812. The van der Waals surface area contributed by atoms with Crippen LogP contribution in [0.2, 0.25) is 0 Å². The molecule has 0 aliphatic carbocycles. The summed E-state index contributed by atoms with van der Waals surface area (Å²) in [5.74, 6) is 0.936. The molecule has 0 saturated carbocycles. The van der Waals surface area contributed by atoms with E-state index in [4.69, 9.17) is 14.4 Å². The van der Waals surface area contributed by atoms with Crippen LogP contribution in [0, 0.1) is 0 Å². The molecule has 4 heteroatoms. The normalized spacial score (nSPS) is 11.7. The fraction of sp³-hybridized carbons (Fsp3) is 0. The Labute approximate surface area is 218 Å². The van der Waals surface area contributed by atoms with Crippen LogP contribution in [0.3, 0.4) is 0 Å². The van der Waals surface area contributed by atoms with Crippen molar-refractivity contribution >= 4 is 44.0 Å². The molecule has 3 heterocycles. The quantitative estimate of drug-likeness (QED) is 0.250. The first-order chi connectivity index (χ1) is 18.8. The first kappa shape index (κ1) is 20.9. The molecule has 0 atom stereocenters. The van der Waals surface area contributed by atoms with E-state index < -0.39 is 0 Å². The van der Waals surface area contributed by atoms with E-state index in [9.17, 15) is 0 Å². The van der Waals surface area contributed by atoms with Crippen LogP contribution >= 0.6 is 0 Å². The van der Waals surface area contributed by atoms with Crippen molar-refractivity contribution in [1.82, 2.24) is 14.5 Å². The zero-order valence-corrected chi connectivity index (χ0v) is 20.4. The molecule has 178 valence electrons. The van der Waals surface area contributed by atoms with Gasteiger partial charge in [0.05, 0.1) is 16.6 Å². The fourth-order valence-electron chi connectivity index (χ4n) is 5.35. The number of rotatable bonds is 3. The summed E-state index contributed by atoms with van der Waals surface area (Å²) in [4.78, 5) is 9.87. The van der Waals surface area contributed by atoms with Gasteiger partial charge >= 0.3 is 0 Å². The highest BCUT2D eigenvalue weighted by Gasteiger charge is 2.14. The van der Waals surface area contributed by atoms with E-state index in [-0.39, 0.29) is 0 Å². The van der Waals surface area contributed by atoms with E-state index in [1.165, 1.54) is 0 Å². The van der Waals surface area contributed by atoms with Gasteiger partial charge in [-0.25, -0.2) is 9.97 Å². The lowest BCUT2D eigenvalue weighted by atomic mass is 10.0. The Bertz CT molecular complexity index is 2120. The lowest BCUT2D eigenvalue weighted by Gasteiger charge is -2.11. The van der Waals surface area contributed by atoms with E-state index in [0.29, 0.717) is 0 Å². The molecule has 0 bridgehead atoms. The molecular formula is C34H21N3O. The Kier molecular flexibility index (Phi) is 4.49. The smallest absolute Gasteiger partial charge is 0.154 e. The Balaban J connectivity index is 1.22. The molecule has 4 nitrogen and oxygen atoms in total. The Morgan fingerprint density at radius 2 is 1.29 bits per heavy atom. The van der Waals surface area contributed by atoms with E-state index in [0.717, 1.165) is 72.2 Å². The third-order valence-electron chi connectivity index (χ3n) is 7.19. The van der Waals surface area contributed by atoms with Crippen LogP contribution in [-0.4, -0.2) is 14.5 Å². The van der Waals surface area contributed by atoms with Gasteiger partial charge in [-0.05, 0) is 65.7 Å². The standard InChI is InChI=1S/C34H21N3O/c1-2-8-23(9-3-1)34-36-29-11-5-6-12-30(29)37(34)26-17-14-22(15-18-26)24-16-19-28-25(20-24)21-32-33(35-28)27-10-4-7-13-31(27)38-32/h1-21H. The number of hydrogen-bond donors (Lipinski definition) is 0. The SMILES string of the molecule is c1ccc(-c2nc3ccccc3n2-c2ccc(-c3ccc4nc5c(cc4c3)oc3ccccc35)cc2)cc1. The third-order valence-corrected chi connectivity index (χ3v) is 7.19. The van der Waals surface area contributed by atoms with Gasteiger partial charge in [-0.2, -0.15) is 0 Å². The lowest BCUT2D eigenvalue weighted by molar-refractivity contribution is 0.669. The molecular weight excluding hydrogens is 466 g/mol. The summed E-state index contributed by atoms with van der Waals surface area (Å²) in [6, 6.07) is 43.9. The van der Waals surface area contributed by atoms with Crippen LogP contribution in [0.4, 0.5) is 0 Å². The Morgan fingerprint density at radius 1 is 0.526 bits per heavy atom. The molecule has 0 aliphatic rings. The highest BCUT2D eigenvalue weighted by molar-refractivity contribution is 6.06. The van der Waals surface area contributed by atoms with Crippen molar-refractivity contribution in [3.63, 3.8) is 0 Å². The first-order valence-electron chi connectivity index (χ1n) is 12.7. The van der Waals surface area contributed by atoms with E-state index in [2.05, 4.69) is 102 Å². The minimum atomic E-state index is 0.812. The summed E-state index contributed by atoms with van der Waals surface area (Å²) in [6.45, 7) is 0. The number of para-hydroxylation sites is 3. The molecule has 3 aromatic heterocycles. The van der Waals surface area contributed by atoms with Crippen molar-refractivity contribution in [2.24, 2.45) is 0 Å². The first-order valence-corrected chi connectivity index (χ1v) is 12.7. The molecule has 0 amide bonds. The summed E-state index contributed by atoms with van der Waals surface area (Å²) in [5, 5.41) is 2.11. The van der Waals surface area contributed by atoms with E-state index in [1.54, 1.807) is 0 Å². The van der Waals surface area contributed by atoms with Gasteiger partial charge in [0.1, 0.15) is 16.9 Å². The molecule has 0 fully saturated rings. The number of benzene rings is 5. The number of pyridine rings is 1. The van der Waals surface area contributed by atoms with Gasteiger partial charge in [-0.15, -0.1) is 0 Å². The second-order valence-corrected chi connectivity index (χ2v) is 9.51. The molecule has 0 unspecified atom stereocenters. The van der Waals surface area contributed by atoms with Crippen LogP contribution < -0.4 is 0 Å². The monoisotopic (exact) mass is 487 g/mol. The number of aromatic nitrogens is 3. The maximum Gasteiger partial charge on any atom is 0.154 e. The van der Waals surface area contributed by atoms with Crippen LogP contribution in [-0.2, 0) is 0 Å². The summed E-state index contributed by atoms with van der Waals surface area (Å²) < 4.78 is 8.31. The van der Waals surface area contributed by atoms with Gasteiger partial charge in [-0.1, -0.05) is 72.8 Å². The van der Waals surface area contributed by atoms with Crippen molar-refractivity contribution in [3.8, 4) is 28.2 Å². The van der Waals surface area contributed by atoms with Gasteiger partial charge in [0, 0.05) is 22.0 Å². The van der Waals surface area contributed by atoms with E-state index in [1.807, 2.05) is 30.3 Å². The van der Waals surface area contributed by atoms with Crippen LogP contribution in [0.1, 0.15) is 0 Å². The highest BCUT2D eigenvalue weighted by Crippen LogP contribution is 2.33. The average Bonchev–Trinajstić information content (AvgIpc) is 3.54. The number of hydrogen-bond acceptors (Lipinski definition) is 3. The molecule has 0 radical (unpaired) electrons. The Hall–Kier alpha value is -5.22. The topological polar surface area (TPSA) is 43.9 Å². The highest BCUT2D eigenvalue weighted by atomic mass is 16.3. The predicted octanol–water partition coefficient (Wildman–Crippen LogP) is 8.81. The van der Waals surface area contributed by atoms with Crippen LogP contribution in [0.15, 0.2) is 132 Å². The number of fused-ring (bicyclic) bond motifs is 5. The van der Waals surface area contributed by atoms with Gasteiger partial charge < -0.3 is 4.42 Å². The third kappa shape index (κ3) is 3.24. The molecule has 5 aromatic carbocycles. The molecule has 0 N–H and O–H groups in total. The second-order valence-electron chi connectivity index (χ2n) is 9.51. The zero-order chi connectivity index (χ0) is 25.1.